The van der Waals surface area contributed by atoms with E-state index in [0.717, 1.165) is 6.54 Å². The molecule has 0 bridgehead atoms. The van der Waals surface area contributed by atoms with E-state index in [1.54, 1.807) is 6.08 Å². The third-order valence-corrected chi connectivity index (χ3v) is 3.18. The second-order valence-electron chi connectivity index (χ2n) is 3.65. The Hall–Kier alpha value is -0.150. The molecule has 1 saturated heterocycles. The van der Waals surface area contributed by atoms with Gasteiger partial charge in [-0.3, -0.25) is 0 Å². The molecule has 0 aromatic rings. The summed E-state index contributed by atoms with van der Waals surface area (Å²) in [6.45, 7) is 1.09. The van der Waals surface area contributed by atoms with E-state index in [1.807, 2.05) is 12.2 Å². The molecule has 1 aliphatic heterocycles. The molecule has 72 valence electrons. The molecule has 2 aliphatic rings. The Bertz CT molecular complexity index is 252. The van der Waals surface area contributed by atoms with Crippen LogP contribution in [-0.2, 0) is 0 Å². The minimum atomic E-state index is -1.31. The summed E-state index contributed by atoms with van der Waals surface area (Å²) in [7, 11) is 0. The average molecular weight is 246 g/mol. The predicted molar refractivity (Wildman–Crippen MR) is 55.6 cm³/mol. The van der Waals surface area contributed by atoms with Crippen molar-refractivity contribution in [3.05, 3.63) is 23.8 Å². The molecule has 2 rings (SSSR count). The van der Waals surface area contributed by atoms with Gasteiger partial charge in [-0.15, -0.1) is 0 Å². The zero-order valence-electron chi connectivity index (χ0n) is 7.39. The van der Waals surface area contributed by atoms with Gasteiger partial charge in [-0.25, -0.2) is 4.39 Å². The molecule has 0 saturated carbocycles. The number of allylic oxidation sites excluding steroid dienone is 2. The van der Waals surface area contributed by atoms with Gasteiger partial charge in [0, 0.05) is 12.5 Å². The quantitative estimate of drug-likeness (QED) is 0.701. The largest absolute Gasteiger partial charge is 0.310 e. The van der Waals surface area contributed by atoms with Crippen LogP contribution in [0.1, 0.15) is 19.3 Å². The van der Waals surface area contributed by atoms with E-state index in [1.165, 1.54) is 18.4 Å². The molecular weight excluding hydrogens is 233 g/mol. The molecule has 1 nitrogen and oxygen atoms in total. The molecule has 1 aliphatic carbocycles. The monoisotopic (exact) mass is 245 g/mol. The van der Waals surface area contributed by atoms with Crippen LogP contribution in [0.15, 0.2) is 23.8 Å². The highest BCUT2D eigenvalue weighted by molar-refractivity contribution is 9.10. The summed E-state index contributed by atoms with van der Waals surface area (Å²) in [4.78, 5) is 0. The summed E-state index contributed by atoms with van der Waals surface area (Å²) in [6.07, 6.45) is 8.32. The van der Waals surface area contributed by atoms with Crippen LogP contribution in [0.3, 0.4) is 0 Å². The van der Waals surface area contributed by atoms with E-state index >= 15 is 0 Å². The molecule has 0 radical (unpaired) electrons. The summed E-state index contributed by atoms with van der Waals surface area (Å²) < 4.78 is 12.0. The van der Waals surface area contributed by atoms with E-state index in [-0.39, 0.29) is 0 Å². The van der Waals surface area contributed by atoms with Crippen LogP contribution in [0.5, 0.6) is 0 Å². The third-order valence-electron chi connectivity index (χ3n) is 2.59. The lowest BCUT2D eigenvalue weighted by Gasteiger charge is -2.20. The number of rotatable bonds is 1. The van der Waals surface area contributed by atoms with E-state index < -0.39 is 4.58 Å². The highest BCUT2D eigenvalue weighted by Gasteiger charge is 2.26. The highest BCUT2D eigenvalue weighted by atomic mass is 79.9. The Morgan fingerprint density at radius 1 is 1.62 bits per heavy atom. The van der Waals surface area contributed by atoms with Gasteiger partial charge in [0.25, 0.3) is 0 Å². The van der Waals surface area contributed by atoms with Gasteiger partial charge in [0.1, 0.15) is 0 Å². The summed E-state index contributed by atoms with van der Waals surface area (Å²) in [5.74, 6) is 0. The summed E-state index contributed by atoms with van der Waals surface area (Å²) in [5, 5.41) is 3.40. The fourth-order valence-electron chi connectivity index (χ4n) is 1.84. The topological polar surface area (TPSA) is 12.0 Å². The van der Waals surface area contributed by atoms with Crippen LogP contribution in [-0.4, -0.2) is 17.2 Å². The molecule has 13 heavy (non-hydrogen) atoms. The molecule has 2 unspecified atom stereocenters. The second-order valence-corrected chi connectivity index (χ2v) is 4.97. The molecule has 2 atom stereocenters. The van der Waals surface area contributed by atoms with Gasteiger partial charge in [-0.1, -0.05) is 12.2 Å². The van der Waals surface area contributed by atoms with E-state index in [2.05, 4.69) is 21.2 Å². The minimum absolute atomic E-state index is 0.441. The van der Waals surface area contributed by atoms with Gasteiger partial charge in [0.15, 0.2) is 4.58 Å². The number of alkyl halides is 2. The van der Waals surface area contributed by atoms with Crippen LogP contribution in [0.2, 0.25) is 0 Å². The first-order chi connectivity index (χ1) is 6.17. The van der Waals surface area contributed by atoms with Crippen LogP contribution in [0.25, 0.3) is 0 Å². The van der Waals surface area contributed by atoms with E-state index in [0.29, 0.717) is 12.5 Å². The van der Waals surface area contributed by atoms with Crippen molar-refractivity contribution in [2.45, 2.75) is 29.9 Å². The minimum Gasteiger partial charge on any atom is -0.310 e. The standard InChI is InChI=1S/C10H13BrFN/c11-10(12)5-3-8(4-6-10)9-2-1-7-13-9/h3-5,9,13H,1-2,6-7H2. The number of nitrogens with one attached hydrogen (secondary N) is 1. The molecular formula is C10H13BrFN. The lowest BCUT2D eigenvalue weighted by atomic mass is 9.98. The summed E-state index contributed by atoms with van der Waals surface area (Å²) in [5.41, 5.74) is 1.24. The van der Waals surface area contributed by atoms with Crippen molar-refractivity contribution >= 4 is 15.9 Å². The van der Waals surface area contributed by atoms with Gasteiger partial charge in [-0.2, -0.15) is 0 Å². The Kier molecular flexibility index (Phi) is 2.56. The van der Waals surface area contributed by atoms with Gasteiger partial charge in [0.2, 0.25) is 0 Å². The van der Waals surface area contributed by atoms with Crippen LogP contribution in [0.4, 0.5) is 4.39 Å². The van der Waals surface area contributed by atoms with Crippen molar-refractivity contribution in [3.63, 3.8) is 0 Å². The van der Waals surface area contributed by atoms with Crippen molar-refractivity contribution in [1.82, 2.24) is 5.32 Å². The maximum atomic E-state index is 13.3. The maximum Gasteiger partial charge on any atom is 0.187 e. The van der Waals surface area contributed by atoms with E-state index in [9.17, 15) is 4.39 Å². The van der Waals surface area contributed by atoms with Gasteiger partial charge < -0.3 is 5.32 Å². The normalized spacial score (nSPS) is 39.2. The molecule has 1 N–H and O–H groups in total. The third kappa shape index (κ3) is 2.20. The molecule has 1 heterocycles. The molecule has 0 amide bonds. The number of halogens is 2. The van der Waals surface area contributed by atoms with Crippen LogP contribution < -0.4 is 5.32 Å². The smallest absolute Gasteiger partial charge is 0.187 e. The van der Waals surface area contributed by atoms with Crippen LogP contribution in [0, 0.1) is 0 Å². The number of hydrogen-bond donors (Lipinski definition) is 1. The highest BCUT2D eigenvalue weighted by Crippen LogP contribution is 2.32. The fraction of sp³-hybridized carbons (Fsp3) is 0.600. The van der Waals surface area contributed by atoms with Gasteiger partial charge in [-0.05, 0) is 47.0 Å². The van der Waals surface area contributed by atoms with Crippen molar-refractivity contribution in [2.24, 2.45) is 0 Å². The predicted octanol–water partition coefficient (Wildman–Crippen LogP) is 2.69. The van der Waals surface area contributed by atoms with Gasteiger partial charge in [0.05, 0.1) is 0 Å². The number of hydrogen-bond acceptors (Lipinski definition) is 1. The Labute approximate surface area is 86.2 Å². The lowest BCUT2D eigenvalue weighted by molar-refractivity contribution is 0.365. The second kappa shape index (κ2) is 3.54. The van der Waals surface area contributed by atoms with Crippen molar-refractivity contribution in [1.29, 1.82) is 0 Å². The molecule has 0 aromatic heterocycles. The van der Waals surface area contributed by atoms with Crippen molar-refractivity contribution < 1.29 is 4.39 Å². The first kappa shape index (κ1) is 9.41. The maximum absolute atomic E-state index is 13.3. The molecule has 1 fully saturated rings. The molecule has 0 aromatic carbocycles. The summed E-state index contributed by atoms with van der Waals surface area (Å²) in [6, 6.07) is 0.458. The van der Waals surface area contributed by atoms with E-state index in [4.69, 9.17) is 0 Å². The zero-order valence-corrected chi connectivity index (χ0v) is 8.98. The van der Waals surface area contributed by atoms with Gasteiger partial charge >= 0.3 is 0 Å². The first-order valence-corrected chi connectivity index (χ1v) is 5.47. The average Bonchev–Trinajstić information content (AvgIpc) is 2.56. The molecule has 3 heteroatoms. The first-order valence-electron chi connectivity index (χ1n) is 4.68. The van der Waals surface area contributed by atoms with Crippen LogP contribution >= 0.6 is 15.9 Å². The van der Waals surface area contributed by atoms with Crippen molar-refractivity contribution in [2.75, 3.05) is 6.54 Å². The zero-order chi connectivity index (χ0) is 9.31. The Morgan fingerprint density at radius 3 is 3.00 bits per heavy atom. The van der Waals surface area contributed by atoms with Crippen molar-refractivity contribution in [3.8, 4) is 0 Å². The SMILES string of the molecule is FC1(Br)C=CC(C2CCCN2)=CC1. The Morgan fingerprint density at radius 2 is 2.46 bits per heavy atom. The Balaban J connectivity index is 2.03. The fourth-order valence-corrected chi connectivity index (χ4v) is 2.13. The molecule has 0 spiro atoms. The summed E-state index contributed by atoms with van der Waals surface area (Å²) >= 11 is 3.01. The lowest BCUT2D eigenvalue weighted by Crippen LogP contribution is -2.25.